The SMILES string of the molecule is O=C(CC1CCCNC1)N1CC(O)C1. The number of piperidine rings is 1. The summed E-state index contributed by atoms with van der Waals surface area (Å²) in [5.74, 6) is 0.720. The molecule has 2 saturated heterocycles. The van der Waals surface area contributed by atoms with Gasteiger partial charge >= 0.3 is 0 Å². The summed E-state index contributed by atoms with van der Waals surface area (Å²) in [4.78, 5) is 13.4. The summed E-state index contributed by atoms with van der Waals surface area (Å²) in [7, 11) is 0. The predicted octanol–water partition coefficient (Wildman–Crippen LogP) is -0.421. The zero-order valence-electron chi connectivity index (χ0n) is 8.41. The molecule has 1 amide bonds. The summed E-state index contributed by atoms with van der Waals surface area (Å²) >= 11 is 0. The van der Waals surface area contributed by atoms with Crippen LogP contribution in [0.5, 0.6) is 0 Å². The number of rotatable bonds is 2. The molecule has 80 valence electrons. The lowest BCUT2D eigenvalue weighted by Gasteiger charge is -2.37. The second-order valence-electron chi connectivity index (χ2n) is 4.37. The highest BCUT2D eigenvalue weighted by molar-refractivity contribution is 5.77. The van der Waals surface area contributed by atoms with Crippen LogP contribution < -0.4 is 5.32 Å². The minimum Gasteiger partial charge on any atom is -0.389 e. The zero-order chi connectivity index (χ0) is 9.97. The lowest BCUT2D eigenvalue weighted by Crippen LogP contribution is -2.54. The van der Waals surface area contributed by atoms with Crippen molar-refractivity contribution in [3.8, 4) is 0 Å². The van der Waals surface area contributed by atoms with E-state index in [0.717, 1.165) is 19.5 Å². The van der Waals surface area contributed by atoms with Crippen LogP contribution in [-0.2, 0) is 4.79 Å². The molecule has 4 heteroatoms. The van der Waals surface area contributed by atoms with E-state index in [4.69, 9.17) is 5.11 Å². The molecule has 0 spiro atoms. The van der Waals surface area contributed by atoms with Crippen molar-refractivity contribution < 1.29 is 9.90 Å². The van der Waals surface area contributed by atoms with Gasteiger partial charge in [0.25, 0.3) is 0 Å². The van der Waals surface area contributed by atoms with Gasteiger partial charge in [-0.2, -0.15) is 0 Å². The molecule has 14 heavy (non-hydrogen) atoms. The topological polar surface area (TPSA) is 52.6 Å². The smallest absolute Gasteiger partial charge is 0.223 e. The molecule has 2 fully saturated rings. The molecule has 0 aromatic carbocycles. The fourth-order valence-corrected chi connectivity index (χ4v) is 2.13. The van der Waals surface area contributed by atoms with Gasteiger partial charge in [-0.1, -0.05) is 0 Å². The number of carbonyl (C=O) groups excluding carboxylic acids is 1. The van der Waals surface area contributed by atoms with E-state index in [1.807, 2.05) is 0 Å². The Morgan fingerprint density at radius 1 is 1.50 bits per heavy atom. The molecule has 0 aliphatic carbocycles. The molecule has 4 nitrogen and oxygen atoms in total. The van der Waals surface area contributed by atoms with Gasteiger partial charge < -0.3 is 15.3 Å². The van der Waals surface area contributed by atoms with E-state index in [1.165, 1.54) is 6.42 Å². The van der Waals surface area contributed by atoms with Gasteiger partial charge in [-0.15, -0.1) is 0 Å². The molecule has 0 saturated carbocycles. The molecule has 2 aliphatic rings. The molecule has 2 N–H and O–H groups in total. The number of amides is 1. The molecular weight excluding hydrogens is 180 g/mol. The minimum absolute atomic E-state index is 0.212. The van der Waals surface area contributed by atoms with E-state index in [2.05, 4.69) is 5.32 Å². The molecule has 0 bridgehead atoms. The molecule has 1 atom stereocenters. The van der Waals surface area contributed by atoms with Crippen LogP contribution in [0.3, 0.4) is 0 Å². The summed E-state index contributed by atoms with van der Waals surface area (Å²) in [5, 5.41) is 12.4. The molecule has 2 aliphatic heterocycles. The Morgan fingerprint density at radius 2 is 2.29 bits per heavy atom. The average molecular weight is 198 g/mol. The highest BCUT2D eigenvalue weighted by atomic mass is 16.3. The number of aliphatic hydroxyl groups is 1. The summed E-state index contributed by atoms with van der Waals surface area (Å²) in [6.07, 6.45) is 2.72. The third-order valence-corrected chi connectivity index (χ3v) is 3.08. The van der Waals surface area contributed by atoms with Crippen molar-refractivity contribution in [3.63, 3.8) is 0 Å². The summed E-state index contributed by atoms with van der Waals surface area (Å²) < 4.78 is 0. The van der Waals surface area contributed by atoms with Gasteiger partial charge in [-0.05, 0) is 31.8 Å². The van der Waals surface area contributed by atoms with Crippen molar-refractivity contribution in [2.45, 2.75) is 25.4 Å². The van der Waals surface area contributed by atoms with E-state index >= 15 is 0 Å². The summed E-state index contributed by atoms with van der Waals surface area (Å²) in [6.45, 7) is 3.15. The Labute approximate surface area is 84.3 Å². The fraction of sp³-hybridized carbons (Fsp3) is 0.900. The van der Waals surface area contributed by atoms with Gasteiger partial charge in [0.1, 0.15) is 0 Å². The predicted molar refractivity (Wildman–Crippen MR) is 52.8 cm³/mol. The first-order valence-corrected chi connectivity index (χ1v) is 5.42. The standard InChI is InChI=1S/C10H18N2O2/c13-9-6-12(7-9)10(14)4-8-2-1-3-11-5-8/h8-9,11,13H,1-7H2. The van der Waals surface area contributed by atoms with E-state index in [-0.39, 0.29) is 12.0 Å². The van der Waals surface area contributed by atoms with Crippen molar-refractivity contribution in [1.82, 2.24) is 10.2 Å². The first-order chi connectivity index (χ1) is 6.75. The third-order valence-electron chi connectivity index (χ3n) is 3.08. The highest BCUT2D eigenvalue weighted by Crippen LogP contribution is 2.17. The lowest BCUT2D eigenvalue weighted by atomic mass is 9.95. The number of aliphatic hydroxyl groups excluding tert-OH is 1. The van der Waals surface area contributed by atoms with E-state index < -0.39 is 0 Å². The van der Waals surface area contributed by atoms with Gasteiger partial charge in [0.15, 0.2) is 0 Å². The Bertz CT molecular complexity index is 208. The Kier molecular flexibility index (Phi) is 3.03. The number of carbonyl (C=O) groups is 1. The van der Waals surface area contributed by atoms with Gasteiger partial charge in [-0.25, -0.2) is 0 Å². The van der Waals surface area contributed by atoms with E-state index in [0.29, 0.717) is 25.4 Å². The first kappa shape index (κ1) is 9.93. The molecule has 2 rings (SSSR count). The maximum Gasteiger partial charge on any atom is 0.223 e. The van der Waals surface area contributed by atoms with Crippen LogP contribution in [-0.4, -0.2) is 48.2 Å². The number of β-amino-alcohol motifs (C(OH)–C–C–N with tert-alkyl or cyclic N) is 1. The van der Waals surface area contributed by atoms with Gasteiger partial charge in [0.05, 0.1) is 6.10 Å². The molecule has 0 radical (unpaired) electrons. The van der Waals surface area contributed by atoms with Crippen LogP contribution in [0.1, 0.15) is 19.3 Å². The van der Waals surface area contributed by atoms with Crippen molar-refractivity contribution in [3.05, 3.63) is 0 Å². The van der Waals surface area contributed by atoms with Crippen LogP contribution in [0.4, 0.5) is 0 Å². The summed E-state index contributed by atoms with van der Waals surface area (Å²) in [6, 6.07) is 0. The average Bonchev–Trinajstić information content (AvgIpc) is 2.14. The second kappa shape index (κ2) is 4.28. The normalized spacial score (nSPS) is 28.6. The van der Waals surface area contributed by atoms with Gasteiger partial charge in [0, 0.05) is 19.5 Å². The molecule has 1 unspecified atom stereocenters. The van der Waals surface area contributed by atoms with E-state index in [9.17, 15) is 4.79 Å². The minimum atomic E-state index is -0.275. The molecular formula is C10H18N2O2. The Hall–Kier alpha value is -0.610. The molecule has 0 aromatic heterocycles. The largest absolute Gasteiger partial charge is 0.389 e. The van der Waals surface area contributed by atoms with Crippen LogP contribution in [0.15, 0.2) is 0 Å². The fourth-order valence-electron chi connectivity index (χ4n) is 2.13. The number of hydrogen-bond acceptors (Lipinski definition) is 3. The number of nitrogens with one attached hydrogen (secondary N) is 1. The van der Waals surface area contributed by atoms with E-state index in [1.54, 1.807) is 4.90 Å². The quantitative estimate of drug-likeness (QED) is 0.633. The monoisotopic (exact) mass is 198 g/mol. The summed E-state index contributed by atoms with van der Waals surface area (Å²) in [5.41, 5.74) is 0. The number of nitrogens with zero attached hydrogens (tertiary/aromatic N) is 1. The Morgan fingerprint density at radius 3 is 2.86 bits per heavy atom. The maximum atomic E-state index is 11.6. The van der Waals surface area contributed by atoms with Crippen LogP contribution >= 0.6 is 0 Å². The van der Waals surface area contributed by atoms with Crippen molar-refractivity contribution in [2.75, 3.05) is 26.2 Å². The van der Waals surface area contributed by atoms with Crippen molar-refractivity contribution in [1.29, 1.82) is 0 Å². The number of likely N-dealkylation sites (tertiary alicyclic amines) is 1. The van der Waals surface area contributed by atoms with Crippen LogP contribution in [0.25, 0.3) is 0 Å². The van der Waals surface area contributed by atoms with Gasteiger partial charge in [0.2, 0.25) is 5.91 Å². The highest BCUT2D eigenvalue weighted by Gasteiger charge is 2.30. The Balaban J connectivity index is 1.71. The lowest BCUT2D eigenvalue weighted by molar-refractivity contribution is -0.142. The first-order valence-electron chi connectivity index (χ1n) is 5.42. The zero-order valence-corrected chi connectivity index (χ0v) is 8.41. The third kappa shape index (κ3) is 2.25. The number of hydrogen-bond donors (Lipinski definition) is 2. The maximum absolute atomic E-state index is 11.6. The van der Waals surface area contributed by atoms with Crippen molar-refractivity contribution in [2.24, 2.45) is 5.92 Å². The van der Waals surface area contributed by atoms with Crippen molar-refractivity contribution >= 4 is 5.91 Å². The molecule has 0 aromatic rings. The van der Waals surface area contributed by atoms with Crippen LogP contribution in [0, 0.1) is 5.92 Å². The van der Waals surface area contributed by atoms with Crippen LogP contribution in [0.2, 0.25) is 0 Å². The second-order valence-corrected chi connectivity index (χ2v) is 4.37. The molecule has 2 heterocycles. The van der Waals surface area contributed by atoms with Gasteiger partial charge in [-0.3, -0.25) is 4.79 Å².